The van der Waals surface area contributed by atoms with E-state index < -0.39 is 19.9 Å². The summed E-state index contributed by atoms with van der Waals surface area (Å²) in [5.41, 5.74) is 0.807. The highest BCUT2D eigenvalue weighted by molar-refractivity contribution is 7.92. The zero-order valence-electron chi connectivity index (χ0n) is 15.0. The van der Waals surface area contributed by atoms with E-state index in [1.165, 1.54) is 9.71 Å². The highest BCUT2D eigenvalue weighted by Gasteiger charge is 2.32. The van der Waals surface area contributed by atoms with E-state index in [2.05, 4.69) is 0 Å². The Morgan fingerprint density at radius 1 is 1.11 bits per heavy atom. The molecule has 0 spiro atoms. The Morgan fingerprint density at radius 2 is 1.78 bits per heavy atom. The maximum atomic E-state index is 12.5. The maximum Gasteiger partial charge on any atom is 0.236 e. The summed E-state index contributed by atoms with van der Waals surface area (Å²) < 4.78 is 49.3. The lowest BCUT2D eigenvalue weighted by Gasteiger charge is -2.33. The quantitative estimate of drug-likeness (QED) is 0.718. The first kappa shape index (κ1) is 20.0. The second-order valence-corrected chi connectivity index (χ2v) is 11.1. The fourth-order valence-electron chi connectivity index (χ4n) is 3.42. The number of piperazine rings is 1. The second kappa shape index (κ2) is 8.12. The van der Waals surface area contributed by atoms with E-state index in [1.807, 2.05) is 30.3 Å². The van der Waals surface area contributed by atoms with Crippen LogP contribution in [-0.2, 0) is 24.7 Å². The summed E-state index contributed by atoms with van der Waals surface area (Å²) in [7, 11) is -6.53. The van der Waals surface area contributed by atoms with Crippen LogP contribution in [0, 0.1) is 5.92 Å². The van der Waals surface area contributed by atoms with Crippen LogP contribution in [0.1, 0.15) is 18.4 Å². The summed E-state index contributed by atoms with van der Waals surface area (Å²) in [5, 5.41) is 1.20. The molecule has 0 bridgehead atoms. The third-order valence-electron chi connectivity index (χ3n) is 4.97. The lowest BCUT2D eigenvalue weighted by molar-refractivity contribution is -0.133. The smallest absolute Gasteiger partial charge is 0.236 e. The lowest BCUT2D eigenvalue weighted by atomic mass is 10.0. The van der Waals surface area contributed by atoms with Gasteiger partial charge >= 0.3 is 0 Å². The standard InChI is InChI=1S/C18H24N2O5S2/c21-18(14-17-6-12-26(22,23)15-17)19-8-10-20(11-9-19)27(24,25)13-7-16-4-2-1-3-5-16/h1-5,7,13,17H,6,8-12,14-15H2/b13-7+/t17-/m0/s1. The van der Waals surface area contributed by atoms with E-state index in [-0.39, 0.29) is 42.8 Å². The molecular formula is C18H24N2O5S2. The van der Waals surface area contributed by atoms with Crippen molar-refractivity contribution in [1.82, 2.24) is 9.21 Å². The van der Waals surface area contributed by atoms with Crippen LogP contribution >= 0.6 is 0 Å². The number of hydrogen-bond acceptors (Lipinski definition) is 5. The van der Waals surface area contributed by atoms with Crippen molar-refractivity contribution in [3.05, 3.63) is 41.3 Å². The number of carbonyl (C=O) groups excluding carboxylic acids is 1. The topological polar surface area (TPSA) is 91.8 Å². The third kappa shape index (κ3) is 5.40. The number of carbonyl (C=O) groups is 1. The predicted molar refractivity (Wildman–Crippen MR) is 104 cm³/mol. The summed E-state index contributed by atoms with van der Waals surface area (Å²) in [6, 6.07) is 9.19. The Labute approximate surface area is 160 Å². The van der Waals surface area contributed by atoms with Gasteiger partial charge in [0.1, 0.15) is 0 Å². The summed E-state index contributed by atoms with van der Waals surface area (Å²) in [5.74, 6) is 0.0364. The van der Waals surface area contributed by atoms with Crippen LogP contribution in [0.2, 0.25) is 0 Å². The Balaban J connectivity index is 1.52. The van der Waals surface area contributed by atoms with Crippen LogP contribution in [-0.4, -0.2) is 69.6 Å². The summed E-state index contributed by atoms with van der Waals surface area (Å²) in [6.45, 7) is 1.15. The molecule has 27 heavy (non-hydrogen) atoms. The van der Waals surface area contributed by atoms with Gasteiger partial charge in [-0.2, -0.15) is 4.31 Å². The third-order valence-corrected chi connectivity index (χ3v) is 8.38. The van der Waals surface area contributed by atoms with E-state index in [0.29, 0.717) is 19.5 Å². The molecule has 1 atom stereocenters. The normalized spacial score (nSPS) is 23.7. The van der Waals surface area contributed by atoms with Crippen molar-refractivity contribution in [2.75, 3.05) is 37.7 Å². The molecule has 2 aliphatic rings. The number of benzene rings is 1. The summed E-state index contributed by atoms with van der Waals surface area (Å²) in [6.07, 6.45) is 2.32. The fraction of sp³-hybridized carbons (Fsp3) is 0.500. The molecule has 0 unspecified atom stereocenters. The Kier molecular flexibility index (Phi) is 6.02. The van der Waals surface area contributed by atoms with Gasteiger partial charge in [-0.3, -0.25) is 4.79 Å². The molecule has 1 amide bonds. The van der Waals surface area contributed by atoms with Gasteiger partial charge in [0.05, 0.1) is 11.5 Å². The maximum absolute atomic E-state index is 12.5. The Hall–Kier alpha value is -1.71. The molecule has 7 nitrogen and oxygen atoms in total. The molecule has 0 saturated carbocycles. The van der Waals surface area contributed by atoms with E-state index in [4.69, 9.17) is 0 Å². The Bertz CT molecular complexity index is 902. The van der Waals surface area contributed by atoms with Gasteiger partial charge < -0.3 is 4.90 Å². The number of sulfone groups is 1. The van der Waals surface area contributed by atoms with E-state index in [1.54, 1.807) is 11.0 Å². The monoisotopic (exact) mass is 412 g/mol. The average molecular weight is 413 g/mol. The molecule has 0 radical (unpaired) electrons. The highest BCUT2D eigenvalue weighted by Crippen LogP contribution is 2.23. The van der Waals surface area contributed by atoms with Crippen LogP contribution in [0.3, 0.4) is 0 Å². The first-order valence-electron chi connectivity index (χ1n) is 8.97. The molecule has 1 aromatic rings. The number of rotatable bonds is 5. The van der Waals surface area contributed by atoms with Crippen molar-refractivity contribution in [1.29, 1.82) is 0 Å². The van der Waals surface area contributed by atoms with E-state index in [0.717, 1.165) is 5.56 Å². The summed E-state index contributed by atoms with van der Waals surface area (Å²) >= 11 is 0. The minimum absolute atomic E-state index is 0.0807. The number of hydrogen-bond donors (Lipinski definition) is 0. The van der Waals surface area contributed by atoms with Gasteiger partial charge in [-0.1, -0.05) is 30.3 Å². The largest absolute Gasteiger partial charge is 0.340 e. The minimum atomic E-state index is -3.53. The van der Waals surface area contributed by atoms with E-state index >= 15 is 0 Å². The van der Waals surface area contributed by atoms with E-state index in [9.17, 15) is 21.6 Å². The molecule has 2 fully saturated rings. The molecule has 2 heterocycles. The number of sulfonamides is 1. The van der Waals surface area contributed by atoms with Crippen molar-refractivity contribution in [2.24, 2.45) is 5.92 Å². The molecule has 3 rings (SSSR count). The fourth-order valence-corrected chi connectivity index (χ4v) is 6.45. The van der Waals surface area contributed by atoms with Gasteiger partial charge in [-0.25, -0.2) is 16.8 Å². The van der Waals surface area contributed by atoms with Gasteiger partial charge in [0.2, 0.25) is 15.9 Å². The van der Waals surface area contributed by atoms with Gasteiger partial charge in [0, 0.05) is 38.0 Å². The minimum Gasteiger partial charge on any atom is -0.340 e. The average Bonchev–Trinajstić information content (AvgIpc) is 2.99. The number of amides is 1. The van der Waals surface area contributed by atoms with Gasteiger partial charge in [-0.15, -0.1) is 0 Å². The second-order valence-electron chi connectivity index (χ2n) is 7.01. The first-order chi connectivity index (χ1) is 12.8. The van der Waals surface area contributed by atoms with Crippen LogP contribution in [0.15, 0.2) is 35.7 Å². The number of nitrogens with zero attached hydrogens (tertiary/aromatic N) is 2. The molecule has 2 aliphatic heterocycles. The van der Waals surface area contributed by atoms with Crippen molar-refractivity contribution in [2.45, 2.75) is 12.8 Å². The predicted octanol–water partition coefficient (Wildman–Crippen LogP) is 0.956. The zero-order chi connectivity index (χ0) is 19.5. The van der Waals surface area contributed by atoms with Crippen LogP contribution in [0.5, 0.6) is 0 Å². The molecule has 148 valence electrons. The molecule has 0 aliphatic carbocycles. The van der Waals surface area contributed by atoms with Crippen LogP contribution in [0.25, 0.3) is 6.08 Å². The summed E-state index contributed by atoms with van der Waals surface area (Å²) in [4.78, 5) is 14.0. The van der Waals surface area contributed by atoms with Crippen molar-refractivity contribution < 1.29 is 21.6 Å². The Morgan fingerprint density at radius 3 is 2.37 bits per heavy atom. The molecule has 1 aromatic carbocycles. The van der Waals surface area contributed by atoms with Gasteiger partial charge in [-0.05, 0) is 24.0 Å². The van der Waals surface area contributed by atoms with Crippen molar-refractivity contribution in [3.8, 4) is 0 Å². The van der Waals surface area contributed by atoms with Gasteiger partial charge in [0.15, 0.2) is 9.84 Å². The SMILES string of the molecule is O=C(C[C@@H]1CCS(=O)(=O)C1)N1CCN(S(=O)(=O)/C=C/c2ccccc2)CC1. The zero-order valence-corrected chi connectivity index (χ0v) is 16.7. The first-order valence-corrected chi connectivity index (χ1v) is 12.3. The molecule has 9 heteroatoms. The molecule has 0 aromatic heterocycles. The van der Waals surface area contributed by atoms with Crippen LogP contribution < -0.4 is 0 Å². The van der Waals surface area contributed by atoms with Gasteiger partial charge in [0.25, 0.3) is 0 Å². The van der Waals surface area contributed by atoms with Crippen molar-refractivity contribution in [3.63, 3.8) is 0 Å². The lowest BCUT2D eigenvalue weighted by Crippen LogP contribution is -2.50. The van der Waals surface area contributed by atoms with Crippen LogP contribution in [0.4, 0.5) is 0 Å². The highest BCUT2D eigenvalue weighted by atomic mass is 32.2. The molecule has 0 N–H and O–H groups in total. The van der Waals surface area contributed by atoms with Crippen molar-refractivity contribution >= 4 is 31.8 Å². The molecular weight excluding hydrogens is 388 g/mol. The molecule has 2 saturated heterocycles.